The average Bonchev–Trinajstić information content (AvgIpc) is 3.32. The van der Waals surface area contributed by atoms with E-state index in [9.17, 15) is 12.8 Å². The fourth-order valence-electron chi connectivity index (χ4n) is 3.31. The van der Waals surface area contributed by atoms with Gasteiger partial charge in [0.2, 0.25) is 10.0 Å². The van der Waals surface area contributed by atoms with Gasteiger partial charge in [-0.25, -0.2) is 12.8 Å². The maximum atomic E-state index is 13.3. The minimum Gasteiger partial charge on any atom is -0.303 e. The second-order valence-electron chi connectivity index (χ2n) is 6.31. The Labute approximate surface area is 145 Å². The number of sulfonamides is 1. The van der Waals surface area contributed by atoms with E-state index in [-0.39, 0.29) is 17.0 Å². The number of nitrogens with zero attached hydrogens (tertiary/aromatic N) is 2. The SMILES string of the molecule is CCN1CCC(N(C2CC2)S(=O)(=O)c2ccc(F)cc2Br)CC1. The Bertz CT molecular complexity index is 671. The van der Waals surface area contributed by atoms with Gasteiger partial charge in [-0.05, 0) is 79.4 Å². The summed E-state index contributed by atoms with van der Waals surface area (Å²) < 4.78 is 41.6. The standard InChI is InChI=1S/C16H22BrFN2O2S/c1-2-19-9-7-14(8-10-19)20(13-4-5-13)23(21,22)16-6-3-12(18)11-15(16)17/h3,6,11,13-14H,2,4-5,7-10H2,1H3. The summed E-state index contributed by atoms with van der Waals surface area (Å²) in [6, 6.07) is 3.95. The van der Waals surface area contributed by atoms with Gasteiger partial charge in [-0.2, -0.15) is 4.31 Å². The summed E-state index contributed by atoms with van der Waals surface area (Å²) in [5.74, 6) is -0.440. The maximum Gasteiger partial charge on any atom is 0.244 e. The molecule has 0 amide bonds. The molecule has 7 heteroatoms. The Hall–Kier alpha value is -0.500. The van der Waals surface area contributed by atoms with Crippen LogP contribution in [0.4, 0.5) is 4.39 Å². The minimum absolute atomic E-state index is 0.0484. The molecule has 0 atom stereocenters. The molecule has 4 nitrogen and oxygen atoms in total. The van der Waals surface area contributed by atoms with Crippen LogP contribution in [0.15, 0.2) is 27.6 Å². The largest absolute Gasteiger partial charge is 0.303 e. The molecule has 1 aliphatic carbocycles. The number of benzene rings is 1. The van der Waals surface area contributed by atoms with Crippen molar-refractivity contribution in [1.82, 2.24) is 9.21 Å². The fourth-order valence-corrected chi connectivity index (χ4v) is 6.25. The van der Waals surface area contributed by atoms with Crippen molar-refractivity contribution in [3.63, 3.8) is 0 Å². The molecule has 23 heavy (non-hydrogen) atoms. The number of rotatable bonds is 5. The Morgan fingerprint density at radius 1 is 1.22 bits per heavy atom. The number of likely N-dealkylation sites (tertiary alicyclic amines) is 1. The highest BCUT2D eigenvalue weighted by Gasteiger charge is 2.43. The topological polar surface area (TPSA) is 40.6 Å². The van der Waals surface area contributed by atoms with E-state index in [2.05, 4.69) is 27.8 Å². The smallest absolute Gasteiger partial charge is 0.244 e. The number of hydrogen-bond donors (Lipinski definition) is 0. The molecule has 0 N–H and O–H groups in total. The molecular formula is C16H22BrFN2O2S. The third-order valence-corrected chi connectivity index (χ3v) is 7.70. The van der Waals surface area contributed by atoms with Crippen molar-refractivity contribution in [2.24, 2.45) is 0 Å². The highest BCUT2D eigenvalue weighted by Crippen LogP contribution is 2.38. The molecule has 1 aromatic carbocycles. The summed E-state index contributed by atoms with van der Waals surface area (Å²) in [6.45, 7) is 5.01. The van der Waals surface area contributed by atoms with Gasteiger partial charge in [0, 0.05) is 16.6 Å². The van der Waals surface area contributed by atoms with Gasteiger partial charge in [0.1, 0.15) is 5.82 Å². The molecule has 2 aliphatic rings. The van der Waals surface area contributed by atoms with Crippen LogP contribution in [0.3, 0.4) is 0 Å². The quantitative estimate of drug-likeness (QED) is 0.756. The zero-order chi connectivity index (χ0) is 16.6. The van der Waals surface area contributed by atoms with Crippen LogP contribution in [-0.4, -0.2) is 49.3 Å². The number of hydrogen-bond acceptors (Lipinski definition) is 3. The Morgan fingerprint density at radius 3 is 2.35 bits per heavy atom. The Balaban J connectivity index is 1.88. The first-order valence-corrected chi connectivity index (χ1v) is 10.4. The lowest BCUT2D eigenvalue weighted by Crippen LogP contribution is -2.48. The van der Waals surface area contributed by atoms with Crippen molar-refractivity contribution < 1.29 is 12.8 Å². The average molecular weight is 405 g/mol. The zero-order valence-electron chi connectivity index (χ0n) is 13.2. The van der Waals surface area contributed by atoms with Gasteiger partial charge in [0.15, 0.2) is 0 Å². The Morgan fingerprint density at radius 2 is 1.83 bits per heavy atom. The van der Waals surface area contributed by atoms with Crippen LogP contribution in [-0.2, 0) is 10.0 Å². The maximum absolute atomic E-state index is 13.3. The van der Waals surface area contributed by atoms with Crippen molar-refractivity contribution in [2.45, 2.75) is 49.6 Å². The Kier molecular flexibility index (Phi) is 5.11. The minimum atomic E-state index is -3.61. The molecule has 0 aromatic heterocycles. The van der Waals surface area contributed by atoms with Crippen molar-refractivity contribution in [1.29, 1.82) is 0 Å². The molecule has 0 spiro atoms. The van der Waals surface area contributed by atoms with E-state index in [0.717, 1.165) is 45.3 Å². The second kappa shape index (κ2) is 6.78. The molecule has 0 bridgehead atoms. The van der Waals surface area contributed by atoms with Crippen molar-refractivity contribution >= 4 is 26.0 Å². The molecule has 128 valence electrons. The molecule has 2 fully saturated rings. The first kappa shape index (κ1) is 17.3. The molecule has 1 saturated heterocycles. The fraction of sp³-hybridized carbons (Fsp3) is 0.625. The summed E-state index contributed by atoms with van der Waals surface area (Å²) in [4.78, 5) is 2.52. The van der Waals surface area contributed by atoms with Crippen LogP contribution in [0.1, 0.15) is 32.6 Å². The van der Waals surface area contributed by atoms with Gasteiger partial charge in [0.05, 0.1) is 4.90 Å². The molecule has 1 saturated carbocycles. The van der Waals surface area contributed by atoms with E-state index < -0.39 is 15.8 Å². The van der Waals surface area contributed by atoms with E-state index in [1.165, 1.54) is 18.2 Å². The third kappa shape index (κ3) is 3.62. The third-order valence-electron chi connectivity index (χ3n) is 4.72. The first-order valence-electron chi connectivity index (χ1n) is 8.14. The molecule has 1 heterocycles. The predicted octanol–water partition coefficient (Wildman–Crippen LogP) is 3.23. The van der Waals surface area contributed by atoms with Gasteiger partial charge < -0.3 is 4.90 Å². The highest BCUT2D eigenvalue weighted by molar-refractivity contribution is 9.10. The number of halogens is 2. The van der Waals surface area contributed by atoms with Crippen LogP contribution < -0.4 is 0 Å². The van der Waals surface area contributed by atoms with Gasteiger partial charge in [-0.15, -0.1) is 0 Å². The molecule has 1 aromatic rings. The molecule has 0 unspecified atom stereocenters. The van der Waals surface area contributed by atoms with Gasteiger partial charge in [-0.3, -0.25) is 0 Å². The van der Waals surface area contributed by atoms with Gasteiger partial charge in [-0.1, -0.05) is 6.92 Å². The molecule has 1 aliphatic heterocycles. The summed E-state index contributed by atoms with van der Waals surface area (Å²) in [5, 5.41) is 0. The van der Waals surface area contributed by atoms with Gasteiger partial charge >= 0.3 is 0 Å². The summed E-state index contributed by atoms with van der Waals surface area (Å²) in [6.07, 6.45) is 3.57. The van der Waals surface area contributed by atoms with Crippen LogP contribution >= 0.6 is 15.9 Å². The van der Waals surface area contributed by atoms with E-state index in [4.69, 9.17) is 0 Å². The lowest BCUT2D eigenvalue weighted by molar-refractivity contribution is 0.161. The van der Waals surface area contributed by atoms with Crippen molar-refractivity contribution in [2.75, 3.05) is 19.6 Å². The first-order chi connectivity index (χ1) is 10.9. The molecule has 0 radical (unpaired) electrons. The van der Waals surface area contributed by atoms with E-state index in [0.29, 0.717) is 4.47 Å². The lowest BCUT2D eigenvalue weighted by Gasteiger charge is -2.37. The van der Waals surface area contributed by atoms with Crippen molar-refractivity contribution in [3.05, 3.63) is 28.5 Å². The lowest BCUT2D eigenvalue weighted by atomic mass is 10.1. The number of piperidine rings is 1. The van der Waals surface area contributed by atoms with Crippen LogP contribution in [0.5, 0.6) is 0 Å². The predicted molar refractivity (Wildman–Crippen MR) is 91.3 cm³/mol. The van der Waals surface area contributed by atoms with Crippen molar-refractivity contribution in [3.8, 4) is 0 Å². The van der Waals surface area contributed by atoms with Gasteiger partial charge in [0.25, 0.3) is 0 Å². The van der Waals surface area contributed by atoms with E-state index in [1.54, 1.807) is 4.31 Å². The molecule has 3 rings (SSSR count). The van der Waals surface area contributed by atoms with E-state index in [1.807, 2.05) is 0 Å². The summed E-state index contributed by atoms with van der Waals surface area (Å²) >= 11 is 3.21. The van der Waals surface area contributed by atoms with E-state index >= 15 is 0 Å². The highest BCUT2D eigenvalue weighted by atomic mass is 79.9. The van der Waals surface area contributed by atoms with Crippen LogP contribution in [0.25, 0.3) is 0 Å². The van der Waals surface area contributed by atoms with Crippen LogP contribution in [0, 0.1) is 5.82 Å². The second-order valence-corrected chi connectivity index (χ2v) is 8.97. The normalized spacial score (nSPS) is 21.0. The molecular weight excluding hydrogens is 383 g/mol. The van der Waals surface area contributed by atoms with Crippen LogP contribution in [0.2, 0.25) is 0 Å². The monoisotopic (exact) mass is 404 g/mol. The zero-order valence-corrected chi connectivity index (χ0v) is 15.6. The summed E-state index contributed by atoms with van der Waals surface area (Å²) in [7, 11) is -3.61. The summed E-state index contributed by atoms with van der Waals surface area (Å²) in [5.41, 5.74) is 0.